The first kappa shape index (κ1) is 14.8. The second-order valence-electron chi connectivity index (χ2n) is 4.82. The molecule has 2 N–H and O–H groups in total. The molecule has 0 unspecified atom stereocenters. The highest BCUT2D eigenvalue weighted by Gasteiger charge is 2.15. The van der Waals surface area contributed by atoms with Crippen molar-refractivity contribution in [3.63, 3.8) is 0 Å². The van der Waals surface area contributed by atoms with Gasteiger partial charge < -0.3 is 10.6 Å². The fourth-order valence-electron chi connectivity index (χ4n) is 2.07. The largest absolute Gasteiger partial charge is 0.345 e. The van der Waals surface area contributed by atoms with Crippen molar-refractivity contribution in [2.24, 2.45) is 0 Å². The van der Waals surface area contributed by atoms with Crippen LogP contribution in [-0.2, 0) is 9.59 Å². The number of hydrogen-bond acceptors (Lipinski definition) is 2. The molecule has 0 spiro atoms. The van der Waals surface area contributed by atoms with Gasteiger partial charge in [0.15, 0.2) is 0 Å². The normalized spacial score (nSPS) is 11.5. The maximum absolute atomic E-state index is 12.1. The van der Waals surface area contributed by atoms with E-state index in [1.165, 1.54) is 6.92 Å². The molecule has 108 valence electrons. The lowest BCUT2D eigenvalue weighted by molar-refractivity contribution is -0.124. The molecule has 2 rings (SSSR count). The van der Waals surface area contributed by atoms with E-state index in [9.17, 15) is 9.59 Å². The minimum atomic E-state index is -0.577. The average molecular weight is 282 g/mol. The zero-order valence-electron chi connectivity index (χ0n) is 12.1. The summed E-state index contributed by atoms with van der Waals surface area (Å²) < 4.78 is 0. The van der Waals surface area contributed by atoms with E-state index in [-0.39, 0.29) is 11.8 Å². The first-order chi connectivity index (χ1) is 10.1. The van der Waals surface area contributed by atoms with Gasteiger partial charge in [-0.05, 0) is 18.6 Å². The Balaban J connectivity index is 2.22. The van der Waals surface area contributed by atoms with Gasteiger partial charge in [0.2, 0.25) is 11.8 Å². The Kier molecular flexibility index (Phi) is 4.72. The smallest absolute Gasteiger partial charge is 0.246 e. The fourth-order valence-corrected chi connectivity index (χ4v) is 2.07. The summed E-state index contributed by atoms with van der Waals surface area (Å²) >= 11 is 0. The molecule has 0 saturated carbocycles. The van der Waals surface area contributed by atoms with Crippen LogP contribution in [0.5, 0.6) is 0 Å². The van der Waals surface area contributed by atoms with Crippen molar-refractivity contribution in [2.45, 2.75) is 19.9 Å². The van der Waals surface area contributed by atoms with Gasteiger partial charge in [-0.2, -0.15) is 0 Å². The van der Waals surface area contributed by atoms with Crippen molar-refractivity contribution in [2.75, 3.05) is 5.32 Å². The maximum atomic E-state index is 12.1. The van der Waals surface area contributed by atoms with E-state index in [2.05, 4.69) is 10.6 Å². The molecule has 2 aromatic carbocycles. The average Bonchev–Trinajstić information content (AvgIpc) is 2.48. The third kappa shape index (κ3) is 3.92. The SMILES string of the molecule is CC(=O)N[C@@H](C)C(=O)Nc1ccccc1-c1ccccc1. The third-order valence-corrected chi connectivity index (χ3v) is 3.08. The molecular formula is C17H18N2O2. The number of anilines is 1. The molecule has 4 nitrogen and oxygen atoms in total. The number of carbonyl (C=O) groups is 2. The van der Waals surface area contributed by atoms with Crippen LogP contribution in [0.15, 0.2) is 54.6 Å². The van der Waals surface area contributed by atoms with Crippen LogP contribution in [-0.4, -0.2) is 17.9 Å². The van der Waals surface area contributed by atoms with E-state index in [4.69, 9.17) is 0 Å². The van der Waals surface area contributed by atoms with E-state index in [0.717, 1.165) is 16.8 Å². The van der Waals surface area contributed by atoms with Crippen molar-refractivity contribution in [3.05, 3.63) is 54.6 Å². The molecule has 0 aromatic heterocycles. The predicted molar refractivity (Wildman–Crippen MR) is 83.8 cm³/mol. The van der Waals surface area contributed by atoms with Gasteiger partial charge in [0.25, 0.3) is 0 Å². The van der Waals surface area contributed by atoms with Crippen molar-refractivity contribution >= 4 is 17.5 Å². The van der Waals surface area contributed by atoms with Crippen LogP contribution < -0.4 is 10.6 Å². The van der Waals surface area contributed by atoms with Gasteiger partial charge in [0, 0.05) is 18.2 Å². The highest BCUT2D eigenvalue weighted by atomic mass is 16.2. The Morgan fingerprint density at radius 1 is 0.952 bits per heavy atom. The van der Waals surface area contributed by atoms with Crippen LogP contribution in [0.3, 0.4) is 0 Å². The Labute approximate surface area is 124 Å². The number of para-hydroxylation sites is 1. The second kappa shape index (κ2) is 6.70. The monoisotopic (exact) mass is 282 g/mol. The molecule has 0 aliphatic heterocycles. The molecule has 0 aliphatic rings. The molecule has 0 saturated heterocycles. The molecule has 0 aliphatic carbocycles. The molecule has 4 heteroatoms. The summed E-state index contributed by atoms with van der Waals surface area (Å²) in [7, 11) is 0. The molecule has 2 amide bonds. The van der Waals surface area contributed by atoms with Gasteiger partial charge in [0.1, 0.15) is 6.04 Å². The van der Waals surface area contributed by atoms with Gasteiger partial charge in [-0.3, -0.25) is 9.59 Å². The Morgan fingerprint density at radius 3 is 2.24 bits per heavy atom. The summed E-state index contributed by atoms with van der Waals surface area (Å²) in [5.41, 5.74) is 2.70. The standard InChI is InChI=1S/C17H18N2O2/c1-12(18-13(2)20)17(21)19-16-11-7-6-10-15(16)14-8-4-3-5-9-14/h3-12H,1-2H3,(H,18,20)(H,19,21)/t12-/m0/s1. The summed E-state index contributed by atoms with van der Waals surface area (Å²) in [6.07, 6.45) is 0. The molecule has 0 fully saturated rings. The molecule has 21 heavy (non-hydrogen) atoms. The maximum Gasteiger partial charge on any atom is 0.246 e. The van der Waals surface area contributed by atoms with Crippen LogP contribution in [0.4, 0.5) is 5.69 Å². The summed E-state index contributed by atoms with van der Waals surface area (Å²) in [6, 6.07) is 16.8. The van der Waals surface area contributed by atoms with Gasteiger partial charge in [0.05, 0.1) is 0 Å². The van der Waals surface area contributed by atoms with Crippen LogP contribution in [0.1, 0.15) is 13.8 Å². The minimum Gasteiger partial charge on any atom is -0.345 e. The topological polar surface area (TPSA) is 58.2 Å². The van der Waals surface area contributed by atoms with Crippen LogP contribution >= 0.6 is 0 Å². The van der Waals surface area contributed by atoms with Gasteiger partial charge in [-0.25, -0.2) is 0 Å². The van der Waals surface area contributed by atoms with Crippen molar-refractivity contribution in [1.29, 1.82) is 0 Å². The lowest BCUT2D eigenvalue weighted by atomic mass is 10.0. The van der Waals surface area contributed by atoms with Crippen molar-refractivity contribution in [3.8, 4) is 11.1 Å². The lowest BCUT2D eigenvalue weighted by Crippen LogP contribution is -2.40. The minimum absolute atomic E-state index is 0.228. The van der Waals surface area contributed by atoms with Gasteiger partial charge in [-0.15, -0.1) is 0 Å². The zero-order chi connectivity index (χ0) is 15.2. The number of carbonyl (C=O) groups excluding carboxylic acids is 2. The van der Waals surface area contributed by atoms with E-state index in [1.54, 1.807) is 6.92 Å². The second-order valence-corrected chi connectivity index (χ2v) is 4.82. The number of nitrogens with one attached hydrogen (secondary N) is 2. The molecule has 0 radical (unpaired) electrons. The number of amides is 2. The predicted octanol–water partition coefficient (Wildman–Crippen LogP) is 2.82. The molecule has 2 aromatic rings. The van der Waals surface area contributed by atoms with Crippen molar-refractivity contribution in [1.82, 2.24) is 5.32 Å². The Morgan fingerprint density at radius 2 is 1.57 bits per heavy atom. The number of rotatable bonds is 4. The molecule has 0 bridgehead atoms. The molecule has 0 heterocycles. The van der Waals surface area contributed by atoms with Crippen LogP contribution in [0.25, 0.3) is 11.1 Å². The fraction of sp³-hybridized carbons (Fsp3) is 0.176. The Bertz CT molecular complexity index is 638. The van der Waals surface area contributed by atoms with E-state index < -0.39 is 6.04 Å². The van der Waals surface area contributed by atoms with E-state index in [0.29, 0.717) is 0 Å². The summed E-state index contributed by atoms with van der Waals surface area (Å²) in [4.78, 5) is 23.1. The van der Waals surface area contributed by atoms with Gasteiger partial charge >= 0.3 is 0 Å². The highest BCUT2D eigenvalue weighted by molar-refractivity contribution is 5.99. The Hall–Kier alpha value is -2.62. The van der Waals surface area contributed by atoms with E-state index >= 15 is 0 Å². The number of hydrogen-bond donors (Lipinski definition) is 2. The van der Waals surface area contributed by atoms with Crippen molar-refractivity contribution < 1.29 is 9.59 Å². The summed E-state index contributed by atoms with van der Waals surface area (Å²) in [6.45, 7) is 3.05. The third-order valence-electron chi connectivity index (χ3n) is 3.08. The highest BCUT2D eigenvalue weighted by Crippen LogP contribution is 2.27. The molecule has 1 atom stereocenters. The summed E-state index contributed by atoms with van der Waals surface area (Å²) in [5.74, 6) is -0.470. The number of benzene rings is 2. The van der Waals surface area contributed by atoms with Crippen LogP contribution in [0.2, 0.25) is 0 Å². The quantitative estimate of drug-likeness (QED) is 0.906. The molecular weight excluding hydrogens is 264 g/mol. The van der Waals surface area contributed by atoms with E-state index in [1.807, 2.05) is 54.6 Å². The van der Waals surface area contributed by atoms with Gasteiger partial charge in [-0.1, -0.05) is 48.5 Å². The first-order valence-corrected chi connectivity index (χ1v) is 6.80. The van der Waals surface area contributed by atoms with Crippen LogP contribution in [0, 0.1) is 0 Å². The lowest BCUT2D eigenvalue weighted by Gasteiger charge is -2.15. The zero-order valence-corrected chi connectivity index (χ0v) is 12.1. The first-order valence-electron chi connectivity index (χ1n) is 6.80. The summed E-state index contributed by atoms with van der Waals surface area (Å²) in [5, 5.41) is 5.43.